The molecule has 3 rings (SSSR count). The van der Waals surface area contributed by atoms with Crippen molar-refractivity contribution >= 4 is 22.6 Å². The molecule has 2 unspecified atom stereocenters. The Bertz CT molecular complexity index is 362. The number of nitrogens with one attached hydrogen (secondary N) is 1. The van der Waals surface area contributed by atoms with Crippen LogP contribution in [0.1, 0.15) is 25.0 Å². The van der Waals surface area contributed by atoms with Crippen LogP contribution in [0.5, 0.6) is 0 Å². The average molecular weight is 333 g/mol. The summed E-state index contributed by atoms with van der Waals surface area (Å²) < 4.78 is 12.3. The van der Waals surface area contributed by atoms with Crippen LogP contribution in [0, 0.1) is 9.68 Å². The van der Waals surface area contributed by atoms with E-state index in [0.717, 1.165) is 35.0 Å². The highest BCUT2D eigenvalue weighted by Crippen LogP contribution is 2.38. The molecule has 1 aromatic rings. The quantitative estimate of drug-likeness (QED) is 0.860. The van der Waals surface area contributed by atoms with Crippen molar-refractivity contribution in [3.63, 3.8) is 0 Å². The molecule has 1 N–H and O–H groups in total. The van der Waals surface area contributed by atoms with Crippen LogP contribution in [-0.2, 0) is 11.3 Å². The third kappa shape index (κ3) is 2.43. The SMILES string of the molecule is Ic1ccc(CNC2CCOC2C2CC2)o1. The smallest absolute Gasteiger partial charge is 0.164 e. The van der Waals surface area contributed by atoms with Gasteiger partial charge >= 0.3 is 0 Å². The van der Waals surface area contributed by atoms with E-state index in [9.17, 15) is 0 Å². The molecule has 1 saturated heterocycles. The van der Waals surface area contributed by atoms with Crippen LogP contribution < -0.4 is 5.32 Å². The lowest BCUT2D eigenvalue weighted by Gasteiger charge is -2.18. The van der Waals surface area contributed by atoms with E-state index in [0.29, 0.717) is 12.1 Å². The summed E-state index contributed by atoms with van der Waals surface area (Å²) >= 11 is 2.19. The minimum atomic E-state index is 0.453. The van der Waals surface area contributed by atoms with Crippen LogP contribution in [0.15, 0.2) is 16.5 Å². The molecule has 16 heavy (non-hydrogen) atoms. The van der Waals surface area contributed by atoms with Crippen molar-refractivity contribution in [2.24, 2.45) is 5.92 Å². The molecule has 1 aromatic heterocycles. The molecule has 2 atom stereocenters. The predicted molar refractivity (Wildman–Crippen MR) is 69.1 cm³/mol. The summed E-state index contributed by atoms with van der Waals surface area (Å²) in [4.78, 5) is 0. The van der Waals surface area contributed by atoms with Gasteiger partial charge in [0.2, 0.25) is 0 Å². The van der Waals surface area contributed by atoms with Gasteiger partial charge in [-0.1, -0.05) is 0 Å². The molecule has 1 aliphatic carbocycles. The fourth-order valence-electron chi connectivity index (χ4n) is 2.40. The molecule has 2 heterocycles. The van der Waals surface area contributed by atoms with Gasteiger partial charge < -0.3 is 14.5 Å². The summed E-state index contributed by atoms with van der Waals surface area (Å²) in [6.07, 6.45) is 4.29. The lowest BCUT2D eigenvalue weighted by Crippen LogP contribution is -2.37. The van der Waals surface area contributed by atoms with Gasteiger partial charge in [-0.05, 0) is 59.9 Å². The van der Waals surface area contributed by atoms with Crippen molar-refractivity contribution < 1.29 is 9.15 Å². The first-order chi connectivity index (χ1) is 7.83. The summed E-state index contributed by atoms with van der Waals surface area (Å²) in [6, 6.07) is 4.56. The Labute approximate surface area is 109 Å². The topological polar surface area (TPSA) is 34.4 Å². The molecule has 0 spiro atoms. The van der Waals surface area contributed by atoms with Crippen molar-refractivity contribution in [3.05, 3.63) is 21.7 Å². The minimum absolute atomic E-state index is 0.453. The van der Waals surface area contributed by atoms with E-state index in [4.69, 9.17) is 9.15 Å². The van der Waals surface area contributed by atoms with Crippen molar-refractivity contribution in [1.82, 2.24) is 5.32 Å². The number of halogens is 1. The van der Waals surface area contributed by atoms with E-state index in [1.54, 1.807) is 0 Å². The van der Waals surface area contributed by atoms with Crippen LogP contribution in [-0.4, -0.2) is 18.8 Å². The van der Waals surface area contributed by atoms with Gasteiger partial charge in [0.1, 0.15) is 5.76 Å². The average Bonchev–Trinajstić information content (AvgIpc) is 2.86. The Morgan fingerprint density at radius 1 is 1.31 bits per heavy atom. The van der Waals surface area contributed by atoms with Gasteiger partial charge in [-0.15, -0.1) is 0 Å². The molecule has 0 bridgehead atoms. The second-order valence-electron chi connectivity index (χ2n) is 4.65. The monoisotopic (exact) mass is 333 g/mol. The third-order valence-electron chi connectivity index (χ3n) is 3.39. The molecule has 0 radical (unpaired) electrons. The predicted octanol–water partition coefficient (Wildman–Crippen LogP) is 2.54. The van der Waals surface area contributed by atoms with E-state index < -0.39 is 0 Å². The van der Waals surface area contributed by atoms with E-state index in [2.05, 4.69) is 27.9 Å². The number of furan rings is 1. The fourth-order valence-corrected chi connectivity index (χ4v) is 2.86. The molecule has 2 fully saturated rings. The highest BCUT2D eigenvalue weighted by Gasteiger charge is 2.40. The van der Waals surface area contributed by atoms with E-state index in [-0.39, 0.29) is 0 Å². The Morgan fingerprint density at radius 3 is 2.88 bits per heavy atom. The van der Waals surface area contributed by atoms with Gasteiger partial charge in [0.25, 0.3) is 0 Å². The van der Waals surface area contributed by atoms with Crippen molar-refractivity contribution in [3.8, 4) is 0 Å². The van der Waals surface area contributed by atoms with E-state index in [1.165, 1.54) is 12.8 Å². The molecule has 4 heteroatoms. The number of ether oxygens (including phenoxy) is 1. The Balaban J connectivity index is 1.54. The Kier molecular flexibility index (Phi) is 3.22. The zero-order chi connectivity index (χ0) is 11.0. The fraction of sp³-hybridized carbons (Fsp3) is 0.667. The maximum Gasteiger partial charge on any atom is 0.164 e. The van der Waals surface area contributed by atoms with Crippen molar-refractivity contribution in [1.29, 1.82) is 0 Å². The molecular formula is C12H16INO2. The second-order valence-corrected chi connectivity index (χ2v) is 5.72. The first kappa shape index (κ1) is 11.0. The van der Waals surface area contributed by atoms with E-state index in [1.807, 2.05) is 12.1 Å². The summed E-state index contributed by atoms with van der Waals surface area (Å²) in [5.41, 5.74) is 0. The first-order valence-corrected chi connectivity index (χ1v) is 7.00. The summed E-state index contributed by atoms with van der Waals surface area (Å²) in [6.45, 7) is 1.73. The van der Waals surface area contributed by atoms with Crippen molar-refractivity contribution in [2.75, 3.05) is 6.61 Å². The highest BCUT2D eigenvalue weighted by atomic mass is 127. The lowest BCUT2D eigenvalue weighted by atomic mass is 10.1. The maximum absolute atomic E-state index is 5.79. The second kappa shape index (κ2) is 4.66. The van der Waals surface area contributed by atoms with Gasteiger partial charge in [0, 0.05) is 12.6 Å². The molecule has 0 amide bonds. The van der Waals surface area contributed by atoms with E-state index >= 15 is 0 Å². The highest BCUT2D eigenvalue weighted by molar-refractivity contribution is 14.1. The minimum Gasteiger partial charge on any atom is -0.454 e. The Hall–Kier alpha value is -0.0700. The van der Waals surface area contributed by atoms with Crippen LogP contribution in [0.3, 0.4) is 0 Å². The molecule has 3 nitrogen and oxygen atoms in total. The molecule has 0 aromatic carbocycles. The van der Waals surface area contributed by atoms with Gasteiger partial charge in [-0.25, -0.2) is 0 Å². The van der Waals surface area contributed by atoms with Crippen molar-refractivity contribution in [2.45, 2.75) is 38.0 Å². The molecule has 2 aliphatic rings. The standard InChI is InChI=1S/C12H16INO2/c13-11-4-3-9(16-11)7-14-10-5-6-15-12(10)8-1-2-8/h3-4,8,10,12,14H,1-2,5-7H2. The molecule has 1 aliphatic heterocycles. The van der Waals surface area contributed by atoms with Gasteiger partial charge in [0.05, 0.1) is 12.6 Å². The zero-order valence-electron chi connectivity index (χ0n) is 9.12. The largest absolute Gasteiger partial charge is 0.454 e. The summed E-state index contributed by atoms with van der Waals surface area (Å²) in [7, 11) is 0. The van der Waals surface area contributed by atoms with Crippen LogP contribution >= 0.6 is 22.6 Å². The lowest BCUT2D eigenvalue weighted by molar-refractivity contribution is 0.0805. The number of hydrogen-bond donors (Lipinski definition) is 1. The normalized spacial score (nSPS) is 29.8. The first-order valence-electron chi connectivity index (χ1n) is 5.92. The van der Waals surface area contributed by atoms with Crippen LogP contribution in [0.4, 0.5) is 0 Å². The molecular weight excluding hydrogens is 317 g/mol. The number of hydrogen-bond acceptors (Lipinski definition) is 3. The number of rotatable bonds is 4. The van der Waals surface area contributed by atoms with Gasteiger partial charge in [-0.3, -0.25) is 0 Å². The van der Waals surface area contributed by atoms with Gasteiger partial charge in [-0.2, -0.15) is 0 Å². The summed E-state index contributed by atoms with van der Waals surface area (Å²) in [5, 5.41) is 3.56. The maximum atomic E-state index is 5.79. The van der Waals surface area contributed by atoms with Crippen LogP contribution in [0.2, 0.25) is 0 Å². The van der Waals surface area contributed by atoms with Gasteiger partial charge in [0.15, 0.2) is 3.77 Å². The summed E-state index contributed by atoms with van der Waals surface area (Å²) in [5.74, 6) is 1.84. The van der Waals surface area contributed by atoms with Crippen LogP contribution in [0.25, 0.3) is 0 Å². The Morgan fingerprint density at radius 2 is 2.19 bits per heavy atom. The molecule has 1 saturated carbocycles. The molecule has 88 valence electrons. The zero-order valence-corrected chi connectivity index (χ0v) is 11.3. The third-order valence-corrected chi connectivity index (χ3v) is 3.97.